The lowest BCUT2D eigenvalue weighted by molar-refractivity contribution is 0.249. The van der Waals surface area contributed by atoms with E-state index in [0.717, 1.165) is 49.7 Å². The van der Waals surface area contributed by atoms with E-state index in [0.29, 0.717) is 0 Å². The van der Waals surface area contributed by atoms with Crippen molar-refractivity contribution in [2.75, 3.05) is 38.2 Å². The molecule has 0 aliphatic carbocycles. The summed E-state index contributed by atoms with van der Waals surface area (Å²) in [6.45, 7) is 4.47. The van der Waals surface area contributed by atoms with E-state index in [1.165, 1.54) is 12.1 Å². The molecule has 0 saturated carbocycles. The molecule has 1 fully saturated rings. The molecular weight excluding hydrogens is 339 g/mol. The number of piperazine rings is 1. The molecule has 1 aliphatic rings. The van der Waals surface area contributed by atoms with Crippen molar-refractivity contribution in [1.82, 2.24) is 4.90 Å². The second kappa shape index (κ2) is 7.58. The van der Waals surface area contributed by atoms with Crippen molar-refractivity contribution >= 4 is 18.6 Å². The number of methoxy groups -OCH3 is 1. The first-order valence-corrected chi connectivity index (χ1v) is 9.84. The predicted octanol–water partition coefficient (Wildman–Crippen LogP) is 1.82. The zero-order chi connectivity index (χ0) is 17.9. The first kappa shape index (κ1) is 18.0. The minimum Gasteiger partial charge on any atom is -0.495 e. The molecule has 1 aliphatic heterocycles. The van der Waals surface area contributed by atoms with Crippen LogP contribution in [0, 0.1) is 0 Å². The van der Waals surface area contributed by atoms with Crippen LogP contribution >= 0.6 is 7.60 Å². The highest BCUT2D eigenvalue weighted by Crippen LogP contribution is 2.33. The normalized spacial score (nSPS) is 16.0. The van der Waals surface area contributed by atoms with Crippen molar-refractivity contribution in [3.63, 3.8) is 0 Å². The van der Waals surface area contributed by atoms with Crippen LogP contribution in [-0.2, 0) is 11.1 Å². The number of nitrogens with zero attached hydrogens (tertiary/aromatic N) is 2. The topological polar surface area (TPSA) is 73.2 Å². The minimum atomic E-state index is -4.16. The van der Waals surface area contributed by atoms with E-state index in [1.54, 1.807) is 19.2 Å². The smallest absolute Gasteiger partial charge is 0.356 e. The molecule has 134 valence electrons. The number of anilines is 1. The van der Waals surface area contributed by atoms with Gasteiger partial charge in [-0.15, -0.1) is 0 Å². The van der Waals surface area contributed by atoms with Gasteiger partial charge in [0.25, 0.3) is 0 Å². The van der Waals surface area contributed by atoms with Crippen molar-refractivity contribution in [2.45, 2.75) is 6.54 Å². The molecule has 6 nitrogen and oxygen atoms in total. The van der Waals surface area contributed by atoms with Gasteiger partial charge in [-0.1, -0.05) is 24.3 Å². The molecule has 3 rings (SSSR count). The van der Waals surface area contributed by atoms with Gasteiger partial charge in [0.2, 0.25) is 0 Å². The summed E-state index contributed by atoms with van der Waals surface area (Å²) in [5.74, 6) is 0.893. The summed E-state index contributed by atoms with van der Waals surface area (Å²) in [6.07, 6.45) is 0. The van der Waals surface area contributed by atoms with E-state index in [2.05, 4.69) is 15.9 Å². The molecule has 2 aromatic carbocycles. The summed E-state index contributed by atoms with van der Waals surface area (Å²) in [5, 5.41) is 0.0669. The van der Waals surface area contributed by atoms with Crippen LogP contribution in [0.25, 0.3) is 0 Å². The van der Waals surface area contributed by atoms with E-state index in [4.69, 9.17) is 14.5 Å². The van der Waals surface area contributed by atoms with E-state index < -0.39 is 7.60 Å². The molecule has 25 heavy (non-hydrogen) atoms. The summed E-state index contributed by atoms with van der Waals surface area (Å²) in [6, 6.07) is 14.7. The molecule has 0 unspecified atom stereocenters. The molecular formula is C18H23N2O4P. The predicted molar refractivity (Wildman–Crippen MR) is 98.6 cm³/mol. The van der Waals surface area contributed by atoms with Gasteiger partial charge in [-0.3, -0.25) is 9.46 Å². The molecule has 1 heterocycles. The van der Waals surface area contributed by atoms with Crippen LogP contribution < -0.4 is 14.9 Å². The average Bonchev–Trinajstić information content (AvgIpc) is 2.62. The van der Waals surface area contributed by atoms with E-state index in [-0.39, 0.29) is 5.30 Å². The van der Waals surface area contributed by atoms with Crippen LogP contribution in [0.2, 0.25) is 0 Å². The Balaban J connectivity index is 1.58. The lowest BCUT2D eigenvalue weighted by Gasteiger charge is -2.36. The molecule has 0 bridgehead atoms. The fourth-order valence-electron chi connectivity index (χ4n) is 3.09. The molecule has 2 N–H and O–H groups in total. The Labute approximate surface area is 147 Å². The number of rotatable bonds is 5. The summed E-state index contributed by atoms with van der Waals surface area (Å²) < 4.78 is 16.7. The molecule has 0 aromatic heterocycles. The van der Waals surface area contributed by atoms with Crippen LogP contribution in [0.4, 0.5) is 5.69 Å². The monoisotopic (exact) mass is 362 g/mol. The molecule has 0 radical (unpaired) electrons. The number of para-hydroxylation sites is 2. The van der Waals surface area contributed by atoms with E-state index >= 15 is 0 Å². The molecule has 0 amide bonds. The summed E-state index contributed by atoms with van der Waals surface area (Å²) in [5.41, 5.74) is 2.18. The first-order chi connectivity index (χ1) is 12.0. The zero-order valence-electron chi connectivity index (χ0n) is 14.2. The SMILES string of the molecule is COc1ccccc1N1CCN(Cc2ccc(P(=O)(O)O)cc2)CC1. The largest absolute Gasteiger partial charge is 0.495 e. The number of ether oxygens (including phenoxy) is 1. The van der Waals surface area contributed by atoms with Crippen molar-refractivity contribution in [3.8, 4) is 5.75 Å². The Bertz CT molecular complexity index is 752. The fraction of sp³-hybridized carbons (Fsp3) is 0.333. The maximum absolute atomic E-state index is 11.2. The quantitative estimate of drug-likeness (QED) is 0.791. The molecule has 0 spiro atoms. The van der Waals surface area contributed by atoms with Crippen LogP contribution in [-0.4, -0.2) is 48.0 Å². The number of hydrogen-bond acceptors (Lipinski definition) is 4. The molecule has 0 atom stereocenters. The van der Waals surface area contributed by atoms with Crippen molar-refractivity contribution in [1.29, 1.82) is 0 Å². The Kier molecular flexibility index (Phi) is 5.45. The van der Waals surface area contributed by atoms with Gasteiger partial charge in [0.05, 0.1) is 18.1 Å². The maximum atomic E-state index is 11.2. The van der Waals surface area contributed by atoms with Gasteiger partial charge in [0, 0.05) is 32.7 Å². The van der Waals surface area contributed by atoms with Gasteiger partial charge < -0.3 is 19.4 Å². The van der Waals surface area contributed by atoms with Crippen molar-refractivity contribution < 1.29 is 19.1 Å². The van der Waals surface area contributed by atoms with Gasteiger partial charge in [0.15, 0.2) is 0 Å². The molecule has 1 saturated heterocycles. The molecule has 2 aromatic rings. The number of hydrogen-bond donors (Lipinski definition) is 2. The highest BCUT2D eigenvalue weighted by atomic mass is 31.2. The van der Waals surface area contributed by atoms with Gasteiger partial charge in [-0.2, -0.15) is 0 Å². The summed E-state index contributed by atoms with van der Waals surface area (Å²) >= 11 is 0. The maximum Gasteiger partial charge on any atom is 0.356 e. The summed E-state index contributed by atoms with van der Waals surface area (Å²) in [4.78, 5) is 23.0. The lowest BCUT2D eigenvalue weighted by Crippen LogP contribution is -2.46. The second-order valence-corrected chi connectivity index (χ2v) is 7.75. The van der Waals surface area contributed by atoms with Crippen LogP contribution in [0.5, 0.6) is 5.75 Å². The van der Waals surface area contributed by atoms with Gasteiger partial charge >= 0.3 is 7.60 Å². The lowest BCUT2D eigenvalue weighted by atomic mass is 10.2. The average molecular weight is 362 g/mol. The fourth-order valence-corrected chi connectivity index (χ4v) is 3.63. The van der Waals surface area contributed by atoms with Crippen molar-refractivity contribution in [2.24, 2.45) is 0 Å². The zero-order valence-corrected chi connectivity index (χ0v) is 15.1. The Morgan fingerprint density at radius 1 is 1.00 bits per heavy atom. The third-order valence-electron chi connectivity index (χ3n) is 4.48. The Morgan fingerprint density at radius 2 is 1.64 bits per heavy atom. The van der Waals surface area contributed by atoms with Gasteiger partial charge in [-0.25, -0.2) is 0 Å². The van der Waals surface area contributed by atoms with E-state index in [1.807, 2.05) is 18.2 Å². The first-order valence-electron chi connectivity index (χ1n) is 8.23. The Morgan fingerprint density at radius 3 is 2.24 bits per heavy atom. The highest BCUT2D eigenvalue weighted by molar-refractivity contribution is 7.60. The van der Waals surface area contributed by atoms with Crippen LogP contribution in [0.3, 0.4) is 0 Å². The third-order valence-corrected chi connectivity index (χ3v) is 5.45. The standard InChI is InChI=1S/C18H23N2O4P/c1-24-18-5-3-2-4-17(18)20-12-10-19(11-13-20)14-15-6-8-16(9-7-15)25(21,22)23/h2-9H,10-14H2,1H3,(H2,21,22,23). The van der Waals surface area contributed by atoms with Crippen molar-refractivity contribution in [3.05, 3.63) is 54.1 Å². The van der Waals surface area contributed by atoms with Crippen LogP contribution in [0.1, 0.15) is 5.56 Å². The van der Waals surface area contributed by atoms with Gasteiger partial charge in [-0.05, 0) is 29.8 Å². The minimum absolute atomic E-state index is 0.0669. The second-order valence-electron chi connectivity index (χ2n) is 6.15. The third kappa shape index (κ3) is 4.41. The molecule has 7 heteroatoms. The summed E-state index contributed by atoms with van der Waals surface area (Å²) in [7, 11) is -2.47. The highest BCUT2D eigenvalue weighted by Gasteiger charge is 2.20. The van der Waals surface area contributed by atoms with E-state index in [9.17, 15) is 4.57 Å². The Hall–Kier alpha value is -1.85. The van der Waals surface area contributed by atoms with Crippen LogP contribution in [0.15, 0.2) is 48.5 Å². The number of benzene rings is 2. The van der Waals surface area contributed by atoms with Gasteiger partial charge in [0.1, 0.15) is 5.75 Å².